The first kappa shape index (κ1) is 9.37. The van der Waals surface area contributed by atoms with Crippen molar-refractivity contribution in [2.45, 2.75) is 19.3 Å². The number of halogens is 3. The maximum Gasteiger partial charge on any atom is 0.194 e. The van der Waals surface area contributed by atoms with E-state index in [1.54, 1.807) is 6.92 Å². The third-order valence-electron chi connectivity index (χ3n) is 2.59. The molecule has 1 aromatic rings. The highest BCUT2D eigenvalue weighted by Gasteiger charge is 2.25. The SMILES string of the molecule is CC1CCNc2cc(F)c(F)c(F)c21. The van der Waals surface area contributed by atoms with Crippen LogP contribution in [0.4, 0.5) is 18.9 Å². The smallest absolute Gasteiger partial charge is 0.194 e. The van der Waals surface area contributed by atoms with Gasteiger partial charge in [-0.05, 0) is 12.3 Å². The van der Waals surface area contributed by atoms with E-state index in [9.17, 15) is 13.2 Å². The lowest BCUT2D eigenvalue weighted by Gasteiger charge is -2.24. The van der Waals surface area contributed by atoms with Crippen molar-refractivity contribution in [2.24, 2.45) is 0 Å². The Kier molecular flexibility index (Phi) is 2.13. The van der Waals surface area contributed by atoms with Gasteiger partial charge in [0.05, 0.1) is 0 Å². The first-order valence-electron chi connectivity index (χ1n) is 4.52. The molecule has 76 valence electrons. The summed E-state index contributed by atoms with van der Waals surface area (Å²) in [6.07, 6.45) is 0.731. The molecule has 0 aromatic heterocycles. The van der Waals surface area contributed by atoms with E-state index in [0.29, 0.717) is 12.2 Å². The average Bonchev–Trinajstić information content (AvgIpc) is 2.14. The summed E-state index contributed by atoms with van der Waals surface area (Å²) in [5.41, 5.74) is 0.635. The lowest BCUT2D eigenvalue weighted by Crippen LogP contribution is -2.18. The number of rotatable bonds is 0. The van der Waals surface area contributed by atoms with E-state index >= 15 is 0 Å². The van der Waals surface area contributed by atoms with Crippen molar-refractivity contribution in [3.05, 3.63) is 29.1 Å². The van der Waals surface area contributed by atoms with Crippen LogP contribution in [0.2, 0.25) is 0 Å². The van der Waals surface area contributed by atoms with Crippen LogP contribution in [0.25, 0.3) is 0 Å². The number of hydrogen-bond acceptors (Lipinski definition) is 1. The van der Waals surface area contributed by atoms with Crippen molar-refractivity contribution in [3.63, 3.8) is 0 Å². The number of fused-ring (bicyclic) bond motifs is 1. The summed E-state index contributed by atoms with van der Waals surface area (Å²) >= 11 is 0. The molecular weight excluding hydrogens is 191 g/mol. The Labute approximate surface area is 79.9 Å². The van der Waals surface area contributed by atoms with Crippen molar-refractivity contribution < 1.29 is 13.2 Å². The van der Waals surface area contributed by atoms with Gasteiger partial charge in [0.25, 0.3) is 0 Å². The Morgan fingerprint density at radius 1 is 1.29 bits per heavy atom. The second-order valence-electron chi connectivity index (χ2n) is 3.56. The van der Waals surface area contributed by atoms with Crippen LogP contribution < -0.4 is 5.32 Å². The molecule has 0 saturated heterocycles. The fourth-order valence-electron chi connectivity index (χ4n) is 1.80. The third-order valence-corrected chi connectivity index (χ3v) is 2.59. The molecule has 2 rings (SSSR count). The molecule has 0 radical (unpaired) electrons. The quantitative estimate of drug-likeness (QED) is 0.636. The summed E-state index contributed by atoms with van der Waals surface area (Å²) in [6, 6.07) is 1.02. The summed E-state index contributed by atoms with van der Waals surface area (Å²) in [5, 5.41) is 2.86. The Bertz CT molecular complexity index is 376. The van der Waals surface area contributed by atoms with E-state index in [0.717, 1.165) is 12.5 Å². The average molecular weight is 201 g/mol. The minimum atomic E-state index is -1.38. The van der Waals surface area contributed by atoms with E-state index in [2.05, 4.69) is 5.32 Å². The minimum absolute atomic E-state index is 0.0682. The van der Waals surface area contributed by atoms with Gasteiger partial charge in [-0.2, -0.15) is 0 Å². The van der Waals surface area contributed by atoms with Crippen molar-refractivity contribution in [1.29, 1.82) is 0 Å². The van der Waals surface area contributed by atoms with E-state index in [-0.39, 0.29) is 11.5 Å². The number of nitrogens with one attached hydrogen (secondary N) is 1. The monoisotopic (exact) mass is 201 g/mol. The first-order chi connectivity index (χ1) is 6.61. The maximum atomic E-state index is 13.3. The summed E-state index contributed by atoms with van der Waals surface area (Å²) in [4.78, 5) is 0. The van der Waals surface area contributed by atoms with Gasteiger partial charge >= 0.3 is 0 Å². The Balaban J connectivity index is 2.64. The predicted molar refractivity (Wildman–Crippen MR) is 47.8 cm³/mol. The lowest BCUT2D eigenvalue weighted by molar-refractivity contribution is 0.434. The summed E-state index contributed by atoms with van der Waals surface area (Å²) in [5.74, 6) is -3.64. The molecule has 1 unspecified atom stereocenters. The van der Waals surface area contributed by atoms with Crippen molar-refractivity contribution in [3.8, 4) is 0 Å². The summed E-state index contributed by atoms with van der Waals surface area (Å²) in [7, 11) is 0. The molecule has 1 heterocycles. The van der Waals surface area contributed by atoms with Crippen LogP contribution in [-0.2, 0) is 0 Å². The van der Waals surface area contributed by atoms with Gasteiger partial charge in [-0.15, -0.1) is 0 Å². The van der Waals surface area contributed by atoms with Gasteiger partial charge in [0.2, 0.25) is 0 Å². The van der Waals surface area contributed by atoms with Crippen LogP contribution in [0.1, 0.15) is 24.8 Å². The molecule has 1 aromatic carbocycles. The van der Waals surface area contributed by atoms with Gasteiger partial charge < -0.3 is 5.32 Å². The molecule has 1 N–H and O–H groups in total. The van der Waals surface area contributed by atoms with Gasteiger partial charge in [0.15, 0.2) is 17.5 Å². The second kappa shape index (κ2) is 3.19. The fourth-order valence-corrected chi connectivity index (χ4v) is 1.80. The second-order valence-corrected chi connectivity index (χ2v) is 3.56. The molecule has 0 spiro atoms. The van der Waals surface area contributed by atoms with Crippen molar-refractivity contribution >= 4 is 5.69 Å². The molecule has 1 nitrogen and oxygen atoms in total. The van der Waals surface area contributed by atoms with Crippen LogP contribution in [0.3, 0.4) is 0 Å². The number of anilines is 1. The van der Waals surface area contributed by atoms with Crippen LogP contribution in [0, 0.1) is 17.5 Å². The number of benzene rings is 1. The van der Waals surface area contributed by atoms with Gasteiger partial charge in [0.1, 0.15) is 0 Å². The zero-order valence-corrected chi connectivity index (χ0v) is 7.70. The van der Waals surface area contributed by atoms with E-state index in [1.807, 2.05) is 0 Å². The van der Waals surface area contributed by atoms with E-state index in [1.165, 1.54) is 0 Å². The number of hydrogen-bond donors (Lipinski definition) is 1. The lowest BCUT2D eigenvalue weighted by atomic mass is 9.92. The third kappa shape index (κ3) is 1.25. The van der Waals surface area contributed by atoms with Gasteiger partial charge in [0, 0.05) is 23.9 Å². The highest BCUT2D eigenvalue weighted by Crippen LogP contribution is 2.35. The Morgan fingerprint density at radius 3 is 2.71 bits per heavy atom. The molecule has 0 aliphatic carbocycles. The molecule has 1 aliphatic rings. The van der Waals surface area contributed by atoms with Crippen molar-refractivity contribution in [2.75, 3.05) is 11.9 Å². The summed E-state index contributed by atoms with van der Waals surface area (Å²) < 4.78 is 39.1. The highest BCUT2D eigenvalue weighted by atomic mass is 19.2. The topological polar surface area (TPSA) is 12.0 Å². The standard InChI is InChI=1S/C10H10F3N/c1-5-2-3-14-7-4-6(11)9(12)10(13)8(5)7/h4-5,14H,2-3H2,1H3. The molecule has 1 aliphatic heterocycles. The predicted octanol–water partition coefficient (Wildman–Crippen LogP) is 3.02. The van der Waals surface area contributed by atoms with Gasteiger partial charge in [-0.1, -0.05) is 6.92 Å². The van der Waals surface area contributed by atoms with Gasteiger partial charge in [-0.25, -0.2) is 13.2 Å². The molecule has 4 heteroatoms. The molecule has 14 heavy (non-hydrogen) atoms. The van der Waals surface area contributed by atoms with Crippen LogP contribution >= 0.6 is 0 Å². The largest absolute Gasteiger partial charge is 0.385 e. The molecule has 0 bridgehead atoms. The Hall–Kier alpha value is -1.19. The Morgan fingerprint density at radius 2 is 2.00 bits per heavy atom. The fraction of sp³-hybridized carbons (Fsp3) is 0.400. The minimum Gasteiger partial charge on any atom is -0.385 e. The van der Waals surface area contributed by atoms with Crippen LogP contribution in [-0.4, -0.2) is 6.54 Å². The van der Waals surface area contributed by atoms with Crippen LogP contribution in [0.5, 0.6) is 0 Å². The molecule has 0 saturated carbocycles. The summed E-state index contributed by atoms with van der Waals surface area (Å²) in [6.45, 7) is 2.47. The molecule has 0 amide bonds. The molecule has 1 atom stereocenters. The van der Waals surface area contributed by atoms with E-state index < -0.39 is 17.5 Å². The molecular formula is C10H10F3N. The zero-order chi connectivity index (χ0) is 10.3. The van der Waals surface area contributed by atoms with Crippen LogP contribution in [0.15, 0.2) is 6.07 Å². The first-order valence-corrected chi connectivity index (χ1v) is 4.52. The highest BCUT2D eigenvalue weighted by molar-refractivity contribution is 5.55. The maximum absolute atomic E-state index is 13.3. The molecule has 0 fully saturated rings. The normalized spacial score (nSPS) is 20.1. The van der Waals surface area contributed by atoms with E-state index in [4.69, 9.17) is 0 Å². The van der Waals surface area contributed by atoms with Crippen molar-refractivity contribution in [1.82, 2.24) is 0 Å². The zero-order valence-electron chi connectivity index (χ0n) is 7.70. The van der Waals surface area contributed by atoms with Gasteiger partial charge in [-0.3, -0.25) is 0 Å².